The number of carbonyl (C=O) groups is 2. The Balaban J connectivity index is 2.38. The van der Waals surface area contributed by atoms with Crippen LogP contribution in [0.4, 0.5) is 4.39 Å². The summed E-state index contributed by atoms with van der Waals surface area (Å²) < 4.78 is 13.5. The molecule has 1 aliphatic heterocycles. The van der Waals surface area contributed by atoms with Gasteiger partial charge in [0, 0.05) is 5.56 Å². The summed E-state index contributed by atoms with van der Waals surface area (Å²) in [4.78, 5) is 23.8. The van der Waals surface area contributed by atoms with Crippen LogP contribution in [0, 0.1) is 5.82 Å². The molecule has 0 saturated heterocycles. The third kappa shape index (κ3) is 2.73. The molecule has 0 saturated carbocycles. The molecule has 1 aliphatic rings. The summed E-state index contributed by atoms with van der Waals surface area (Å²) in [7, 11) is 0. The Kier molecular flexibility index (Phi) is 4.04. The zero-order chi connectivity index (χ0) is 13.1. The van der Waals surface area contributed by atoms with Gasteiger partial charge in [0.1, 0.15) is 5.82 Å². The van der Waals surface area contributed by atoms with E-state index >= 15 is 0 Å². The quantitative estimate of drug-likeness (QED) is 0.365. The molecule has 0 atom stereocenters. The minimum Gasteiger partial charge on any atom is -0.294 e. The number of Topliss-reactive ketones (excluding diaryl/α,β-unsaturated/α-hetero) is 2. The fourth-order valence-corrected chi connectivity index (χ4v) is 3.42. The fourth-order valence-electron chi connectivity index (χ4n) is 1.47. The Morgan fingerprint density at radius 1 is 1.06 bits per heavy atom. The summed E-state index contributed by atoms with van der Waals surface area (Å²) in [5, 5.41) is 3.64. The van der Waals surface area contributed by atoms with Crippen molar-refractivity contribution >= 4 is 35.1 Å². The van der Waals surface area contributed by atoms with Crippen molar-refractivity contribution in [2.45, 2.75) is 6.92 Å². The lowest BCUT2D eigenvalue weighted by molar-refractivity contribution is -0.113. The van der Waals surface area contributed by atoms with E-state index in [0.29, 0.717) is 9.80 Å². The molecule has 0 N–H and O–H groups in total. The minimum atomic E-state index is -0.408. The molecule has 5 heteroatoms. The number of thioether (sulfide) groups is 2. The number of hydrogen-bond acceptors (Lipinski definition) is 4. The molecule has 1 aromatic rings. The molecule has 0 bridgehead atoms. The molecule has 0 amide bonds. The highest BCUT2D eigenvalue weighted by Gasteiger charge is 2.23. The summed E-state index contributed by atoms with van der Waals surface area (Å²) in [6.07, 6.45) is 0. The van der Waals surface area contributed by atoms with E-state index in [9.17, 15) is 14.0 Å². The smallest absolute Gasteiger partial charge is 0.198 e. The van der Waals surface area contributed by atoms with Gasteiger partial charge in [-0.3, -0.25) is 9.59 Å². The van der Waals surface area contributed by atoms with Gasteiger partial charge in [-0.15, -0.1) is 0 Å². The number of allylic oxidation sites excluding steroid dienone is 1. The van der Waals surface area contributed by atoms with Crippen molar-refractivity contribution in [1.29, 1.82) is 0 Å². The number of rotatable bonds is 3. The van der Waals surface area contributed by atoms with Crippen LogP contribution in [-0.4, -0.2) is 11.6 Å². The zero-order valence-corrected chi connectivity index (χ0v) is 11.1. The molecule has 0 aliphatic carbocycles. The molecule has 2 rings (SSSR count). The van der Waals surface area contributed by atoms with Crippen LogP contribution in [-0.2, 0) is 4.79 Å². The lowest BCUT2D eigenvalue weighted by Crippen LogP contribution is -2.11. The van der Waals surface area contributed by atoms with Gasteiger partial charge in [-0.2, -0.15) is 0 Å². The highest BCUT2D eigenvalue weighted by Crippen LogP contribution is 2.40. The van der Waals surface area contributed by atoms with E-state index in [1.54, 1.807) is 0 Å². The Hall–Kier alpha value is -1.33. The second kappa shape index (κ2) is 5.54. The third-order valence-electron chi connectivity index (χ3n) is 2.30. The van der Waals surface area contributed by atoms with Gasteiger partial charge in [0.05, 0.1) is 9.81 Å². The minimum absolute atomic E-state index is 0.168. The molecule has 0 spiro atoms. The van der Waals surface area contributed by atoms with Gasteiger partial charge in [0.2, 0.25) is 0 Å². The normalized spacial score (nSPS) is 13.8. The number of benzene rings is 1. The third-order valence-corrected chi connectivity index (χ3v) is 4.43. The van der Waals surface area contributed by atoms with Crippen LogP contribution in [0.5, 0.6) is 0 Å². The van der Waals surface area contributed by atoms with E-state index in [0.717, 1.165) is 0 Å². The monoisotopic (exact) mass is 280 g/mol. The predicted octanol–water partition coefficient (Wildman–Crippen LogP) is 3.76. The Bertz CT molecular complexity index is 549. The second-order valence-electron chi connectivity index (χ2n) is 3.56. The first kappa shape index (κ1) is 13.1. The molecule has 0 aromatic heterocycles. The average molecular weight is 280 g/mol. The van der Waals surface area contributed by atoms with Crippen molar-refractivity contribution in [3.05, 3.63) is 56.3 Å². The number of ketones is 2. The first-order chi connectivity index (χ1) is 8.59. The van der Waals surface area contributed by atoms with Crippen molar-refractivity contribution in [2.24, 2.45) is 0 Å². The first-order valence-corrected chi connectivity index (χ1v) is 6.89. The van der Waals surface area contributed by atoms with Crippen LogP contribution in [0.1, 0.15) is 17.3 Å². The number of halogens is 1. The second-order valence-corrected chi connectivity index (χ2v) is 5.65. The van der Waals surface area contributed by atoms with Crippen molar-refractivity contribution in [1.82, 2.24) is 0 Å². The molecule has 1 heterocycles. The van der Waals surface area contributed by atoms with Crippen LogP contribution in [0.25, 0.3) is 0 Å². The lowest BCUT2D eigenvalue weighted by atomic mass is 10.0. The molecule has 92 valence electrons. The van der Waals surface area contributed by atoms with Gasteiger partial charge in [0.15, 0.2) is 11.6 Å². The summed E-state index contributed by atoms with van der Waals surface area (Å²) in [6.45, 7) is 1.36. The Morgan fingerprint density at radius 2 is 1.61 bits per heavy atom. The molecule has 0 unspecified atom stereocenters. The molecule has 1 aromatic carbocycles. The van der Waals surface area contributed by atoms with Crippen molar-refractivity contribution in [2.75, 3.05) is 0 Å². The van der Waals surface area contributed by atoms with Gasteiger partial charge in [0.25, 0.3) is 0 Å². The molecule has 0 radical (unpaired) electrons. The lowest BCUT2D eigenvalue weighted by Gasteiger charge is -2.06. The molecule has 0 fully saturated rings. The highest BCUT2D eigenvalue weighted by molar-refractivity contribution is 8.27. The van der Waals surface area contributed by atoms with Crippen LogP contribution < -0.4 is 0 Å². The largest absolute Gasteiger partial charge is 0.294 e. The molecular formula is C13H9FO2S2. The fraction of sp³-hybridized carbons (Fsp3) is 0.0769. The Morgan fingerprint density at radius 3 is 2.11 bits per heavy atom. The van der Waals surface area contributed by atoms with Crippen LogP contribution in [0.15, 0.2) is 44.9 Å². The van der Waals surface area contributed by atoms with E-state index < -0.39 is 5.82 Å². The van der Waals surface area contributed by atoms with Crippen LogP contribution >= 0.6 is 23.5 Å². The highest BCUT2D eigenvalue weighted by atomic mass is 32.2. The standard InChI is InChI=1S/C13H9FO2S2/c1-8(15)11(13-17-6-7-18-13)12(16)9-2-4-10(14)5-3-9/h2-7H,1H3. The maximum Gasteiger partial charge on any atom is 0.198 e. The van der Waals surface area contributed by atoms with Crippen molar-refractivity contribution in [3.63, 3.8) is 0 Å². The van der Waals surface area contributed by atoms with Gasteiger partial charge in [-0.1, -0.05) is 23.5 Å². The maximum atomic E-state index is 12.8. The SMILES string of the molecule is CC(=O)C(C(=O)c1ccc(F)cc1)=C1SC=CS1. The summed E-state index contributed by atoms with van der Waals surface area (Å²) in [6, 6.07) is 5.20. The van der Waals surface area contributed by atoms with E-state index in [1.807, 2.05) is 10.8 Å². The van der Waals surface area contributed by atoms with Gasteiger partial charge >= 0.3 is 0 Å². The number of hydrogen-bond donors (Lipinski definition) is 0. The van der Waals surface area contributed by atoms with Crippen molar-refractivity contribution in [3.8, 4) is 0 Å². The molecular weight excluding hydrogens is 271 g/mol. The van der Waals surface area contributed by atoms with E-state index in [4.69, 9.17) is 0 Å². The molecule has 18 heavy (non-hydrogen) atoms. The van der Waals surface area contributed by atoms with E-state index in [1.165, 1.54) is 54.7 Å². The summed E-state index contributed by atoms with van der Waals surface area (Å²) >= 11 is 2.70. The zero-order valence-electron chi connectivity index (χ0n) is 9.48. The molecule has 2 nitrogen and oxygen atoms in total. The van der Waals surface area contributed by atoms with Crippen molar-refractivity contribution < 1.29 is 14.0 Å². The predicted molar refractivity (Wildman–Crippen MR) is 72.8 cm³/mol. The average Bonchev–Trinajstić information content (AvgIpc) is 2.83. The first-order valence-electron chi connectivity index (χ1n) is 5.13. The van der Waals surface area contributed by atoms with Gasteiger partial charge in [-0.05, 0) is 42.0 Å². The number of carbonyl (C=O) groups excluding carboxylic acids is 2. The van der Waals surface area contributed by atoms with Crippen LogP contribution in [0.2, 0.25) is 0 Å². The maximum absolute atomic E-state index is 12.8. The van der Waals surface area contributed by atoms with Gasteiger partial charge in [-0.25, -0.2) is 4.39 Å². The summed E-state index contributed by atoms with van der Waals surface area (Å²) in [5.74, 6) is -1.04. The van der Waals surface area contributed by atoms with E-state index in [-0.39, 0.29) is 17.1 Å². The Labute approximate surface area is 112 Å². The van der Waals surface area contributed by atoms with Gasteiger partial charge < -0.3 is 0 Å². The summed E-state index contributed by atoms with van der Waals surface area (Å²) in [5.41, 5.74) is 0.490. The topological polar surface area (TPSA) is 34.1 Å². The van der Waals surface area contributed by atoms with Crippen LogP contribution in [0.3, 0.4) is 0 Å². The van der Waals surface area contributed by atoms with E-state index in [2.05, 4.69) is 0 Å².